The molecule has 0 saturated carbocycles. The van der Waals surface area contributed by atoms with Gasteiger partial charge in [0.15, 0.2) is 0 Å². The SMILES string of the molecule is CCC(CCOCCOCCOc1ccc(C(C)(C)c2ccc(O)c(C(=O)O)c2)cc1)Oc1ccccc1. The van der Waals surface area contributed by atoms with Crippen LogP contribution in [0.2, 0.25) is 0 Å². The van der Waals surface area contributed by atoms with Crippen LogP contribution in [0, 0.1) is 0 Å². The fourth-order valence-electron chi connectivity index (χ4n) is 4.02. The van der Waals surface area contributed by atoms with Gasteiger partial charge in [0.05, 0.1) is 26.4 Å². The molecule has 0 amide bonds. The van der Waals surface area contributed by atoms with Gasteiger partial charge in [0.1, 0.15) is 35.5 Å². The van der Waals surface area contributed by atoms with E-state index in [9.17, 15) is 15.0 Å². The lowest BCUT2D eigenvalue weighted by Crippen LogP contribution is -2.19. The maximum Gasteiger partial charge on any atom is 0.339 e. The summed E-state index contributed by atoms with van der Waals surface area (Å²) < 4.78 is 23.1. The average molecular weight is 523 g/mol. The molecule has 7 heteroatoms. The number of benzene rings is 3. The normalized spacial score (nSPS) is 12.2. The van der Waals surface area contributed by atoms with Gasteiger partial charge in [0, 0.05) is 11.8 Å². The van der Waals surface area contributed by atoms with Gasteiger partial charge in [0.25, 0.3) is 0 Å². The lowest BCUT2D eigenvalue weighted by Gasteiger charge is -2.27. The number of carboxylic acids is 1. The lowest BCUT2D eigenvalue weighted by atomic mass is 9.77. The van der Waals surface area contributed by atoms with Crippen LogP contribution in [0.25, 0.3) is 0 Å². The standard InChI is InChI=1S/C31H38O7/c1-4-25(38-27-8-6-5-7-9-27)16-17-35-18-19-36-20-21-37-26-13-10-23(11-14-26)31(2,3)24-12-15-29(32)28(22-24)30(33)34/h5-15,22,25,32H,4,16-21H2,1-3H3,(H,33,34). The quantitative estimate of drug-likeness (QED) is 0.220. The summed E-state index contributed by atoms with van der Waals surface area (Å²) in [4.78, 5) is 11.4. The molecule has 0 aliphatic heterocycles. The Hall–Kier alpha value is -3.55. The predicted octanol–water partition coefficient (Wildman–Crippen LogP) is 6.08. The molecule has 0 radical (unpaired) electrons. The number of carboxylic acid groups (broad SMARTS) is 1. The molecule has 0 aliphatic carbocycles. The molecule has 38 heavy (non-hydrogen) atoms. The van der Waals surface area contributed by atoms with Crippen LogP contribution in [0.3, 0.4) is 0 Å². The van der Waals surface area contributed by atoms with Gasteiger partial charge in [-0.2, -0.15) is 0 Å². The van der Waals surface area contributed by atoms with Crippen molar-refractivity contribution in [3.63, 3.8) is 0 Å². The van der Waals surface area contributed by atoms with Crippen LogP contribution in [0.15, 0.2) is 72.8 Å². The Morgan fingerprint density at radius 1 is 0.816 bits per heavy atom. The molecule has 0 fully saturated rings. The van der Waals surface area contributed by atoms with Crippen molar-refractivity contribution in [2.24, 2.45) is 0 Å². The Labute approximate surface area is 224 Å². The summed E-state index contributed by atoms with van der Waals surface area (Å²) in [6.07, 6.45) is 1.88. The number of phenols is 1. The van der Waals surface area contributed by atoms with Crippen LogP contribution in [-0.4, -0.2) is 55.3 Å². The molecule has 3 aromatic rings. The van der Waals surface area contributed by atoms with Gasteiger partial charge in [0.2, 0.25) is 0 Å². The van der Waals surface area contributed by atoms with Gasteiger partial charge in [-0.1, -0.05) is 57.2 Å². The van der Waals surface area contributed by atoms with Gasteiger partial charge < -0.3 is 29.2 Å². The van der Waals surface area contributed by atoms with E-state index in [0.29, 0.717) is 33.0 Å². The van der Waals surface area contributed by atoms with Crippen molar-refractivity contribution in [3.05, 3.63) is 89.5 Å². The third-order valence-electron chi connectivity index (χ3n) is 6.48. The Morgan fingerprint density at radius 2 is 1.45 bits per heavy atom. The molecule has 1 atom stereocenters. The van der Waals surface area contributed by atoms with E-state index < -0.39 is 11.4 Å². The van der Waals surface area contributed by atoms with Crippen LogP contribution < -0.4 is 9.47 Å². The van der Waals surface area contributed by atoms with Gasteiger partial charge in [-0.05, 0) is 53.9 Å². The molecule has 3 rings (SSSR count). The van der Waals surface area contributed by atoms with Gasteiger partial charge >= 0.3 is 5.97 Å². The third-order valence-corrected chi connectivity index (χ3v) is 6.48. The maximum absolute atomic E-state index is 11.4. The smallest absolute Gasteiger partial charge is 0.339 e. The molecule has 204 valence electrons. The van der Waals surface area contributed by atoms with E-state index in [0.717, 1.165) is 35.5 Å². The largest absolute Gasteiger partial charge is 0.507 e. The number of hydrogen-bond donors (Lipinski definition) is 2. The number of hydrogen-bond acceptors (Lipinski definition) is 6. The summed E-state index contributed by atoms with van der Waals surface area (Å²) in [7, 11) is 0. The number of para-hydroxylation sites is 1. The van der Waals surface area contributed by atoms with Crippen LogP contribution in [0.1, 0.15) is 55.1 Å². The molecule has 0 spiro atoms. The van der Waals surface area contributed by atoms with E-state index in [1.807, 2.05) is 68.4 Å². The molecule has 0 bridgehead atoms. The van der Waals surface area contributed by atoms with E-state index in [1.165, 1.54) is 12.1 Å². The van der Waals surface area contributed by atoms with Crippen molar-refractivity contribution in [1.82, 2.24) is 0 Å². The topological polar surface area (TPSA) is 94.5 Å². The minimum Gasteiger partial charge on any atom is -0.507 e. The molecular weight excluding hydrogens is 484 g/mol. The third kappa shape index (κ3) is 8.50. The molecule has 7 nitrogen and oxygen atoms in total. The highest BCUT2D eigenvalue weighted by atomic mass is 16.5. The number of carbonyl (C=O) groups is 1. The Balaban J connectivity index is 1.33. The zero-order valence-corrected chi connectivity index (χ0v) is 22.4. The van der Waals surface area contributed by atoms with Crippen LogP contribution in [0.5, 0.6) is 17.2 Å². The van der Waals surface area contributed by atoms with Gasteiger partial charge in [-0.25, -0.2) is 4.79 Å². The summed E-state index contributed by atoms with van der Waals surface area (Å²) in [6.45, 7) is 8.64. The summed E-state index contributed by atoms with van der Waals surface area (Å²) in [6, 6.07) is 22.2. The first kappa shape index (κ1) is 29.0. The first-order valence-electron chi connectivity index (χ1n) is 13.0. The van der Waals surface area contributed by atoms with Gasteiger partial charge in [-0.15, -0.1) is 0 Å². The fraction of sp³-hybridized carbons (Fsp3) is 0.387. The second-order valence-electron chi connectivity index (χ2n) is 9.51. The fourth-order valence-corrected chi connectivity index (χ4v) is 4.02. The number of aromatic carboxylic acids is 1. The molecular formula is C31H38O7. The molecule has 0 heterocycles. The minimum absolute atomic E-state index is 0.108. The number of aromatic hydroxyl groups is 1. The summed E-state index contributed by atoms with van der Waals surface area (Å²) in [5.74, 6) is 0.211. The maximum atomic E-state index is 11.4. The van der Waals surface area contributed by atoms with E-state index in [-0.39, 0.29) is 17.4 Å². The van der Waals surface area contributed by atoms with Crippen LogP contribution >= 0.6 is 0 Å². The molecule has 3 aromatic carbocycles. The molecule has 0 aromatic heterocycles. The first-order chi connectivity index (χ1) is 18.3. The summed E-state index contributed by atoms with van der Waals surface area (Å²) in [5, 5.41) is 19.1. The van der Waals surface area contributed by atoms with Crippen molar-refractivity contribution in [2.75, 3.05) is 33.0 Å². The predicted molar refractivity (Wildman–Crippen MR) is 147 cm³/mol. The van der Waals surface area contributed by atoms with E-state index in [4.69, 9.17) is 18.9 Å². The lowest BCUT2D eigenvalue weighted by molar-refractivity contribution is 0.0266. The molecule has 0 saturated heterocycles. The average Bonchev–Trinajstić information content (AvgIpc) is 2.92. The zero-order chi connectivity index (χ0) is 27.4. The van der Waals surface area contributed by atoms with Crippen LogP contribution in [0.4, 0.5) is 0 Å². The molecule has 1 unspecified atom stereocenters. The van der Waals surface area contributed by atoms with Crippen molar-refractivity contribution in [1.29, 1.82) is 0 Å². The van der Waals surface area contributed by atoms with Gasteiger partial charge in [-0.3, -0.25) is 0 Å². The number of rotatable bonds is 16. The van der Waals surface area contributed by atoms with E-state index in [1.54, 1.807) is 6.07 Å². The highest BCUT2D eigenvalue weighted by Gasteiger charge is 2.25. The Bertz CT molecular complexity index is 1130. The molecule has 2 N–H and O–H groups in total. The second kappa shape index (κ2) is 14.4. The van der Waals surface area contributed by atoms with E-state index in [2.05, 4.69) is 6.92 Å². The summed E-state index contributed by atoms with van der Waals surface area (Å²) in [5.41, 5.74) is 1.23. The Kier molecular flexibility index (Phi) is 11.0. The second-order valence-corrected chi connectivity index (χ2v) is 9.51. The first-order valence-corrected chi connectivity index (χ1v) is 13.0. The highest BCUT2D eigenvalue weighted by Crippen LogP contribution is 2.34. The van der Waals surface area contributed by atoms with Crippen molar-refractivity contribution in [2.45, 2.75) is 45.1 Å². The van der Waals surface area contributed by atoms with E-state index >= 15 is 0 Å². The molecule has 0 aliphatic rings. The monoisotopic (exact) mass is 522 g/mol. The van der Waals surface area contributed by atoms with Crippen molar-refractivity contribution in [3.8, 4) is 17.2 Å². The summed E-state index contributed by atoms with van der Waals surface area (Å²) >= 11 is 0. The van der Waals surface area contributed by atoms with Crippen molar-refractivity contribution < 1.29 is 34.0 Å². The Morgan fingerprint density at radius 3 is 2.11 bits per heavy atom. The number of ether oxygens (including phenoxy) is 4. The van der Waals surface area contributed by atoms with Crippen LogP contribution in [-0.2, 0) is 14.9 Å². The minimum atomic E-state index is -1.16. The zero-order valence-electron chi connectivity index (χ0n) is 22.4. The highest BCUT2D eigenvalue weighted by molar-refractivity contribution is 5.91. The van der Waals surface area contributed by atoms with Crippen molar-refractivity contribution >= 4 is 5.97 Å².